The average Bonchev–Trinajstić information content (AvgIpc) is 3.65. The maximum absolute atomic E-state index is 15.1. The number of carboxylic acid groups (broad SMARTS) is 1. The molecule has 0 spiro atoms. The first kappa shape index (κ1) is 43.2. The summed E-state index contributed by atoms with van der Waals surface area (Å²) in [6.45, 7) is 4.03. The molecular formula is C42H48F6N4O5S. The molecule has 0 radical (unpaired) electrons. The summed E-state index contributed by atoms with van der Waals surface area (Å²) in [5, 5.41) is 21.7. The number of likely N-dealkylation sites (tertiary alicyclic amines) is 2. The van der Waals surface area contributed by atoms with E-state index < -0.39 is 57.1 Å². The van der Waals surface area contributed by atoms with Gasteiger partial charge in [-0.05, 0) is 89.0 Å². The van der Waals surface area contributed by atoms with Gasteiger partial charge in [-0.1, -0.05) is 38.0 Å². The van der Waals surface area contributed by atoms with Crippen LogP contribution in [-0.4, -0.2) is 69.1 Å². The van der Waals surface area contributed by atoms with Gasteiger partial charge in [0.05, 0.1) is 34.6 Å². The van der Waals surface area contributed by atoms with E-state index in [-0.39, 0.29) is 56.3 Å². The van der Waals surface area contributed by atoms with Crippen molar-refractivity contribution >= 4 is 23.2 Å². The zero-order chi connectivity index (χ0) is 41.9. The summed E-state index contributed by atoms with van der Waals surface area (Å²) in [4.78, 5) is 33.4. The monoisotopic (exact) mass is 834 g/mol. The van der Waals surface area contributed by atoms with E-state index in [4.69, 9.17) is 9.47 Å². The Hall–Kier alpha value is -4.36. The summed E-state index contributed by atoms with van der Waals surface area (Å²) in [6, 6.07) is 10.6. The molecule has 16 heteroatoms. The molecule has 6 rings (SSSR count). The van der Waals surface area contributed by atoms with Crippen LogP contribution in [0.15, 0.2) is 54.2 Å². The van der Waals surface area contributed by atoms with Crippen LogP contribution >= 0.6 is 11.3 Å². The second-order valence-corrected chi connectivity index (χ2v) is 16.8. The molecule has 3 fully saturated rings. The molecule has 3 aliphatic rings. The number of piperidine rings is 2. The Balaban J connectivity index is 1.27. The van der Waals surface area contributed by atoms with Crippen LogP contribution in [0.4, 0.5) is 26.3 Å². The van der Waals surface area contributed by atoms with Crippen LogP contribution in [0.5, 0.6) is 11.5 Å². The minimum atomic E-state index is -4.66. The van der Waals surface area contributed by atoms with Gasteiger partial charge in [0.2, 0.25) is 5.60 Å². The van der Waals surface area contributed by atoms with Crippen LogP contribution in [0.25, 0.3) is 0 Å². The third-order valence-corrected chi connectivity index (χ3v) is 13.2. The van der Waals surface area contributed by atoms with E-state index in [9.17, 15) is 41.5 Å². The zero-order valence-electron chi connectivity index (χ0n) is 32.5. The molecule has 1 saturated carbocycles. The van der Waals surface area contributed by atoms with Gasteiger partial charge in [0.25, 0.3) is 5.91 Å². The van der Waals surface area contributed by atoms with E-state index >= 15 is 4.79 Å². The number of nitrogens with zero attached hydrogens (tertiary/aromatic N) is 4. The topological polar surface area (TPSA) is 116 Å². The lowest BCUT2D eigenvalue weighted by Crippen LogP contribution is -2.67. The molecule has 3 aromatic rings. The molecule has 314 valence electrons. The summed E-state index contributed by atoms with van der Waals surface area (Å²) < 4.78 is 96.4. The Morgan fingerprint density at radius 1 is 1.03 bits per heavy atom. The molecule has 2 aliphatic heterocycles. The highest BCUT2D eigenvalue weighted by Gasteiger charge is 2.55. The Labute approximate surface area is 337 Å². The molecule has 0 bridgehead atoms. The maximum atomic E-state index is 15.1. The van der Waals surface area contributed by atoms with Gasteiger partial charge in [0.15, 0.2) is 0 Å². The van der Waals surface area contributed by atoms with Crippen LogP contribution < -0.4 is 9.47 Å². The molecule has 9 nitrogen and oxygen atoms in total. The minimum absolute atomic E-state index is 0.0920. The number of hydrogen-bond acceptors (Lipinski definition) is 8. The van der Waals surface area contributed by atoms with Gasteiger partial charge in [-0.15, -0.1) is 11.3 Å². The summed E-state index contributed by atoms with van der Waals surface area (Å²) in [5.74, 6) is -0.950. The molecule has 1 N–H and O–H groups in total. The number of hydrogen-bond donors (Lipinski definition) is 1. The first-order valence-electron chi connectivity index (χ1n) is 19.8. The van der Waals surface area contributed by atoms with Crippen LogP contribution in [0.2, 0.25) is 0 Å². The van der Waals surface area contributed by atoms with Gasteiger partial charge < -0.3 is 19.5 Å². The van der Waals surface area contributed by atoms with Crippen molar-refractivity contribution in [3.63, 3.8) is 0 Å². The third kappa shape index (κ3) is 8.80. The smallest absolute Gasteiger partial charge is 0.425 e. The predicted molar refractivity (Wildman–Crippen MR) is 203 cm³/mol. The van der Waals surface area contributed by atoms with Crippen molar-refractivity contribution in [3.05, 3.63) is 75.7 Å². The average molecular weight is 835 g/mol. The number of alkyl halides is 6. The normalized spacial score (nSPS) is 22.7. The Morgan fingerprint density at radius 3 is 2.36 bits per heavy atom. The van der Waals surface area contributed by atoms with Crippen LogP contribution in [-0.2, 0) is 33.9 Å². The number of thiophene rings is 1. The Kier molecular flexibility index (Phi) is 12.7. The first-order chi connectivity index (χ1) is 27.5. The van der Waals surface area contributed by atoms with Gasteiger partial charge in [0, 0.05) is 49.0 Å². The van der Waals surface area contributed by atoms with Gasteiger partial charge in [0.1, 0.15) is 16.4 Å². The van der Waals surface area contributed by atoms with Gasteiger partial charge >= 0.3 is 18.3 Å². The number of benzene rings is 1. The fourth-order valence-corrected chi connectivity index (χ4v) is 9.60. The molecular weight excluding hydrogens is 787 g/mol. The van der Waals surface area contributed by atoms with E-state index in [1.165, 1.54) is 5.38 Å². The number of halogens is 6. The van der Waals surface area contributed by atoms with Crippen molar-refractivity contribution in [2.75, 3.05) is 19.6 Å². The molecule has 2 saturated heterocycles. The molecule has 4 heterocycles. The highest BCUT2D eigenvalue weighted by atomic mass is 32.1. The number of carbonyl (C=O) groups excluding carboxylic acids is 1. The second kappa shape index (κ2) is 17.1. The van der Waals surface area contributed by atoms with Crippen molar-refractivity contribution in [1.29, 1.82) is 5.26 Å². The van der Waals surface area contributed by atoms with Gasteiger partial charge in [-0.2, -0.15) is 31.6 Å². The molecule has 1 unspecified atom stereocenters. The quantitative estimate of drug-likeness (QED) is 0.160. The third-order valence-electron chi connectivity index (χ3n) is 12.3. The number of pyridine rings is 1. The number of amides is 1. The molecule has 58 heavy (non-hydrogen) atoms. The van der Waals surface area contributed by atoms with Crippen molar-refractivity contribution in [3.8, 4) is 17.6 Å². The Bertz CT molecular complexity index is 1970. The summed E-state index contributed by atoms with van der Waals surface area (Å²) in [7, 11) is 0. The highest BCUT2D eigenvalue weighted by molar-refractivity contribution is 7.10. The number of aromatic nitrogens is 1. The zero-order valence-corrected chi connectivity index (χ0v) is 33.3. The van der Waals surface area contributed by atoms with Crippen molar-refractivity contribution in [2.45, 2.75) is 127 Å². The summed E-state index contributed by atoms with van der Waals surface area (Å²) >= 11 is 0.433. The first-order valence-corrected chi connectivity index (χ1v) is 20.6. The lowest BCUT2D eigenvalue weighted by atomic mass is 9.66. The predicted octanol–water partition coefficient (Wildman–Crippen LogP) is 9.65. The second-order valence-electron chi connectivity index (χ2n) is 15.9. The summed E-state index contributed by atoms with van der Waals surface area (Å²) in [5.41, 5.74) is -3.87. The number of nitriles is 1. The van der Waals surface area contributed by atoms with E-state index in [2.05, 4.69) is 11.1 Å². The van der Waals surface area contributed by atoms with E-state index in [0.717, 1.165) is 30.9 Å². The van der Waals surface area contributed by atoms with Crippen molar-refractivity contribution < 1.29 is 50.5 Å². The van der Waals surface area contributed by atoms with Crippen LogP contribution in [0.3, 0.4) is 0 Å². The van der Waals surface area contributed by atoms with E-state index in [1.807, 2.05) is 19.9 Å². The number of ether oxygens (including phenoxy) is 2. The number of carboxylic acids is 1. The standard InChI is InChI=1S/C42H48F6N4O5S/c1-3-8-34-40(57-30-23-35(58-26-30)42(46,47)48,15-7-20-52(34)25-29-24-50-19-12-31(29)41(43,44)45)36(53)51-21-17-39(27-49,18-22-51)32-9-4-5-10-33(32)56-28(2)11-16-38(37(54)55)13-6-14-38/h4-5,9-10,12,19,23-24,26,28,34H,3,6-8,11,13-18,20-22,25H2,1-2H3,(H,54,55)/t28?,34-,40+/m1/s1. The number of carbonyl (C=O) groups is 2. The maximum Gasteiger partial charge on any atom is 0.425 e. The fraction of sp³-hybridized carbons (Fsp3) is 0.571. The lowest BCUT2D eigenvalue weighted by Gasteiger charge is -2.51. The number of aliphatic carboxylic acids is 1. The summed E-state index contributed by atoms with van der Waals surface area (Å²) in [6.07, 6.45) is -2.69. The Morgan fingerprint density at radius 2 is 1.76 bits per heavy atom. The largest absolute Gasteiger partial charge is 0.490 e. The minimum Gasteiger partial charge on any atom is -0.490 e. The van der Waals surface area contributed by atoms with E-state index in [0.29, 0.717) is 74.1 Å². The van der Waals surface area contributed by atoms with Crippen molar-refractivity contribution in [1.82, 2.24) is 14.8 Å². The molecule has 1 aromatic carbocycles. The van der Waals surface area contributed by atoms with Crippen LogP contribution in [0.1, 0.15) is 106 Å². The SMILES string of the molecule is CCC[C@H]1N(Cc2cnccc2C(F)(F)F)CCC[C@@]1(Oc1csc(C(F)(F)F)c1)C(=O)N1CCC(C#N)(c2ccccc2OC(C)CCC2(C(=O)O)CCC2)CC1. The van der Waals surface area contributed by atoms with Gasteiger partial charge in [-0.25, -0.2) is 0 Å². The fourth-order valence-electron chi connectivity index (χ4n) is 8.93. The number of para-hydroxylation sites is 1. The molecule has 1 amide bonds. The molecule has 1 aliphatic carbocycles. The highest BCUT2D eigenvalue weighted by Crippen LogP contribution is 2.47. The lowest BCUT2D eigenvalue weighted by molar-refractivity contribution is -0.163. The van der Waals surface area contributed by atoms with Crippen molar-refractivity contribution in [2.24, 2.45) is 5.41 Å². The van der Waals surface area contributed by atoms with Gasteiger partial charge in [-0.3, -0.25) is 19.5 Å². The van der Waals surface area contributed by atoms with E-state index in [1.54, 1.807) is 28.0 Å². The molecule has 3 atom stereocenters. The molecule has 2 aromatic heterocycles. The van der Waals surface area contributed by atoms with Crippen LogP contribution in [0, 0.1) is 16.7 Å². The number of rotatable bonds is 14.